The Morgan fingerprint density at radius 1 is 0.828 bits per heavy atom. The van der Waals surface area contributed by atoms with Crippen molar-refractivity contribution in [1.82, 2.24) is 4.90 Å². The number of rotatable bonds is 6. The number of hydrogen-bond donors (Lipinski definition) is 0. The highest BCUT2D eigenvalue weighted by atomic mass is 35.5. The summed E-state index contributed by atoms with van der Waals surface area (Å²) in [5, 5.41) is 0.342. The fourth-order valence-electron chi connectivity index (χ4n) is 2.99. The monoisotopic (exact) mass is 417 g/mol. The molecule has 0 aliphatic heterocycles. The maximum absolute atomic E-state index is 13.1. The Morgan fingerprint density at radius 2 is 1.45 bits per heavy atom. The molecule has 29 heavy (non-hydrogen) atoms. The zero-order valence-corrected chi connectivity index (χ0v) is 16.3. The van der Waals surface area contributed by atoms with Crippen LogP contribution in [0.4, 0.5) is 13.2 Å². The topological polar surface area (TPSA) is 20.3 Å². The summed E-state index contributed by atoms with van der Waals surface area (Å²) in [5.41, 5.74) is 1.34. The molecule has 3 aromatic rings. The predicted molar refractivity (Wildman–Crippen MR) is 108 cm³/mol. The molecule has 2 nitrogen and oxygen atoms in total. The standard InChI is InChI=1S/C23H19ClF3NO/c24-21-9-5-4-8-20(21)22(29)28(15-14-17-6-2-1-3-7-17)16-18-10-12-19(13-11-18)23(25,26)27/h1-13H,14-16H2. The molecular weight excluding hydrogens is 399 g/mol. The van der Waals surface area contributed by atoms with E-state index in [-0.39, 0.29) is 12.5 Å². The fraction of sp³-hybridized carbons (Fsp3) is 0.174. The number of hydrogen-bond acceptors (Lipinski definition) is 1. The van der Waals surface area contributed by atoms with Gasteiger partial charge < -0.3 is 4.90 Å². The van der Waals surface area contributed by atoms with Gasteiger partial charge in [0.1, 0.15) is 0 Å². The van der Waals surface area contributed by atoms with Crippen molar-refractivity contribution < 1.29 is 18.0 Å². The van der Waals surface area contributed by atoms with Crippen LogP contribution in [0.15, 0.2) is 78.9 Å². The SMILES string of the molecule is O=C(c1ccccc1Cl)N(CCc1ccccc1)Cc1ccc(C(F)(F)F)cc1. The molecule has 0 bridgehead atoms. The van der Waals surface area contributed by atoms with Gasteiger partial charge in [0, 0.05) is 13.1 Å². The van der Waals surface area contributed by atoms with E-state index in [1.807, 2.05) is 30.3 Å². The number of alkyl halides is 3. The Hall–Kier alpha value is -2.79. The van der Waals surface area contributed by atoms with Crippen LogP contribution in [0, 0.1) is 0 Å². The molecule has 3 aromatic carbocycles. The summed E-state index contributed by atoms with van der Waals surface area (Å²) < 4.78 is 38.4. The summed E-state index contributed by atoms with van der Waals surface area (Å²) in [6.45, 7) is 0.601. The highest BCUT2D eigenvalue weighted by Crippen LogP contribution is 2.29. The third-order valence-electron chi connectivity index (χ3n) is 4.56. The quantitative estimate of drug-likeness (QED) is 0.464. The van der Waals surface area contributed by atoms with E-state index in [2.05, 4.69) is 0 Å². The molecule has 3 rings (SSSR count). The first-order chi connectivity index (χ1) is 13.8. The average Bonchev–Trinajstić information content (AvgIpc) is 2.71. The molecule has 0 aliphatic rings. The first-order valence-corrected chi connectivity index (χ1v) is 9.46. The van der Waals surface area contributed by atoms with Crippen LogP contribution < -0.4 is 0 Å². The third kappa shape index (κ3) is 5.61. The molecular formula is C23H19ClF3NO. The van der Waals surface area contributed by atoms with Gasteiger partial charge in [0.2, 0.25) is 0 Å². The molecule has 0 N–H and O–H groups in total. The summed E-state index contributed by atoms with van der Waals surface area (Å²) in [6, 6.07) is 21.3. The van der Waals surface area contributed by atoms with E-state index in [4.69, 9.17) is 11.6 Å². The second-order valence-electron chi connectivity index (χ2n) is 6.64. The molecule has 0 saturated heterocycles. The van der Waals surface area contributed by atoms with Crippen molar-refractivity contribution >= 4 is 17.5 Å². The minimum absolute atomic E-state index is 0.190. The Balaban J connectivity index is 1.82. The van der Waals surface area contributed by atoms with E-state index in [1.54, 1.807) is 29.2 Å². The Bertz CT molecular complexity index is 956. The molecule has 0 radical (unpaired) electrons. The van der Waals surface area contributed by atoms with Gasteiger partial charge in [0.25, 0.3) is 5.91 Å². The van der Waals surface area contributed by atoms with E-state index in [9.17, 15) is 18.0 Å². The summed E-state index contributed by atoms with van der Waals surface area (Å²) in [4.78, 5) is 14.7. The fourth-order valence-corrected chi connectivity index (χ4v) is 3.20. The van der Waals surface area contributed by atoms with Gasteiger partial charge in [0.15, 0.2) is 0 Å². The second-order valence-corrected chi connectivity index (χ2v) is 7.04. The van der Waals surface area contributed by atoms with Crippen LogP contribution >= 0.6 is 11.6 Å². The first-order valence-electron chi connectivity index (χ1n) is 9.08. The lowest BCUT2D eigenvalue weighted by Crippen LogP contribution is -2.32. The number of carbonyl (C=O) groups is 1. The van der Waals surface area contributed by atoms with E-state index >= 15 is 0 Å². The van der Waals surface area contributed by atoms with Gasteiger partial charge in [-0.1, -0.05) is 66.2 Å². The lowest BCUT2D eigenvalue weighted by Gasteiger charge is -2.24. The summed E-state index contributed by atoms with van der Waals surface area (Å²) >= 11 is 6.18. The Labute approximate surface area is 172 Å². The summed E-state index contributed by atoms with van der Waals surface area (Å²) in [6.07, 6.45) is -3.77. The van der Waals surface area contributed by atoms with Crippen molar-refractivity contribution in [2.45, 2.75) is 19.1 Å². The van der Waals surface area contributed by atoms with Crippen molar-refractivity contribution in [3.05, 3.63) is 106 Å². The zero-order valence-electron chi connectivity index (χ0n) is 15.5. The van der Waals surface area contributed by atoms with Crippen LogP contribution in [-0.4, -0.2) is 17.4 Å². The number of carbonyl (C=O) groups excluding carboxylic acids is 1. The smallest absolute Gasteiger partial charge is 0.334 e. The van der Waals surface area contributed by atoms with Crippen molar-refractivity contribution in [2.24, 2.45) is 0 Å². The molecule has 150 valence electrons. The molecule has 0 saturated carbocycles. The minimum Gasteiger partial charge on any atom is -0.334 e. The van der Waals surface area contributed by atoms with Crippen molar-refractivity contribution in [1.29, 1.82) is 0 Å². The molecule has 0 spiro atoms. The number of benzene rings is 3. The van der Waals surface area contributed by atoms with E-state index < -0.39 is 11.7 Å². The van der Waals surface area contributed by atoms with Crippen LogP contribution in [-0.2, 0) is 19.1 Å². The van der Waals surface area contributed by atoms with Gasteiger partial charge in [-0.15, -0.1) is 0 Å². The maximum Gasteiger partial charge on any atom is 0.416 e. The molecule has 0 unspecified atom stereocenters. The van der Waals surface area contributed by atoms with Crippen LogP contribution in [0.1, 0.15) is 27.0 Å². The highest BCUT2D eigenvalue weighted by molar-refractivity contribution is 6.33. The zero-order chi connectivity index (χ0) is 20.9. The molecule has 1 amide bonds. The lowest BCUT2D eigenvalue weighted by atomic mass is 10.1. The van der Waals surface area contributed by atoms with Gasteiger partial charge in [0.05, 0.1) is 16.1 Å². The number of nitrogens with zero attached hydrogens (tertiary/aromatic N) is 1. The molecule has 0 fully saturated rings. The largest absolute Gasteiger partial charge is 0.416 e. The molecule has 0 atom stereocenters. The minimum atomic E-state index is -4.39. The van der Waals surface area contributed by atoms with Gasteiger partial charge in [-0.25, -0.2) is 0 Å². The van der Waals surface area contributed by atoms with Gasteiger partial charge in [-0.2, -0.15) is 13.2 Å². The average molecular weight is 418 g/mol. The van der Waals surface area contributed by atoms with Crippen LogP contribution in [0.25, 0.3) is 0 Å². The van der Waals surface area contributed by atoms with Crippen LogP contribution in [0.3, 0.4) is 0 Å². The van der Waals surface area contributed by atoms with Crippen molar-refractivity contribution in [3.8, 4) is 0 Å². The maximum atomic E-state index is 13.1. The van der Waals surface area contributed by atoms with Crippen molar-refractivity contribution in [3.63, 3.8) is 0 Å². The Morgan fingerprint density at radius 3 is 2.07 bits per heavy atom. The lowest BCUT2D eigenvalue weighted by molar-refractivity contribution is -0.137. The summed E-state index contributed by atoms with van der Waals surface area (Å²) in [5.74, 6) is -0.258. The van der Waals surface area contributed by atoms with Gasteiger partial charge in [-0.05, 0) is 41.8 Å². The van der Waals surface area contributed by atoms with Gasteiger partial charge in [-0.3, -0.25) is 4.79 Å². The van der Waals surface area contributed by atoms with Crippen LogP contribution in [0.2, 0.25) is 5.02 Å². The molecule has 6 heteroatoms. The first kappa shape index (κ1) is 20.9. The van der Waals surface area contributed by atoms with Crippen LogP contribution in [0.5, 0.6) is 0 Å². The Kier molecular flexibility index (Phi) is 6.60. The number of amides is 1. The predicted octanol–water partition coefficient (Wildman–Crippen LogP) is 6.24. The summed E-state index contributed by atoms with van der Waals surface area (Å²) in [7, 11) is 0. The number of halogens is 4. The normalized spacial score (nSPS) is 11.3. The van der Waals surface area contributed by atoms with E-state index in [0.29, 0.717) is 29.1 Å². The molecule has 0 heterocycles. The molecule has 0 aliphatic carbocycles. The second kappa shape index (κ2) is 9.14. The van der Waals surface area contributed by atoms with Crippen molar-refractivity contribution in [2.75, 3.05) is 6.54 Å². The highest BCUT2D eigenvalue weighted by Gasteiger charge is 2.30. The third-order valence-corrected chi connectivity index (χ3v) is 4.89. The van der Waals surface area contributed by atoms with Gasteiger partial charge >= 0.3 is 6.18 Å². The molecule has 0 aromatic heterocycles. The van der Waals surface area contributed by atoms with E-state index in [1.165, 1.54) is 12.1 Å². The van der Waals surface area contributed by atoms with E-state index in [0.717, 1.165) is 17.7 Å².